The minimum Gasteiger partial charge on any atom is -0.382 e. The average molecular weight is 347 g/mol. The number of alkyl halides is 3. The van der Waals surface area contributed by atoms with Gasteiger partial charge in [-0.2, -0.15) is 13.2 Å². The number of nitrogens with one attached hydrogen (secondary N) is 2. The maximum Gasteiger partial charge on any atom is 0.416 e. The topological polar surface area (TPSA) is 54.9 Å². The molecule has 0 bridgehead atoms. The molecule has 0 fully saturated rings. The minimum atomic E-state index is -4.33. The van der Waals surface area contributed by atoms with Gasteiger partial charge in [-0.25, -0.2) is 0 Å². The van der Waals surface area contributed by atoms with Gasteiger partial charge in [0.15, 0.2) is 5.96 Å². The Balaban J connectivity index is 2.32. The van der Waals surface area contributed by atoms with Gasteiger partial charge in [0, 0.05) is 33.9 Å². The van der Waals surface area contributed by atoms with Gasteiger partial charge in [-0.05, 0) is 24.1 Å². The highest BCUT2D eigenvalue weighted by molar-refractivity contribution is 5.79. The summed E-state index contributed by atoms with van der Waals surface area (Å²) in [6.07, 6.45) is -3.55. The van der Waals surface area contributed by atoms with E-state index in [0.29, 0.717) is 37.9 Å². The van der Waals surface area contributed by atoms with Crippen molar-refractivity contribution >= 4 is 5.96 Å². The Morgan fingerprint density at radius 3 is 2.62 bits per heavy atom. The second kappa shape index (κ2) is 10.9. The smallest absolute Gasteiger partial charge is 0.382 e. The van der Waals surface area contributed by atoms with Gasteiger partial charge in [0.1, 0.15) is 0 Å². The highest BCUT2D eigenvalue weighted by Crippen LogP contribution is 2.29. The van der Waals surface area contributed by atoms with Gasteiger partial charge in [0.05, 0.1) is 18.8 Å². The highest BCUT2D eigenvalue weighted by Gasteiger charge is 2.30. The molecule has 0 saturated carbocycles. The van der Waals surface area contributed by atoms with Crippen LogP contribution in [0.4, 0.5) is 13.2 Å². The molecule has 0 aromatic heterocycles. The quantitative estimate of drug-likeness (QED) is 0.409. The number of benzene rings is 1. The van der Waals surface area contributed by atoms with Crippen LogP contribution in [0.25, 0.3) is 0 Å². The first-order valence-corrected chi connectivity index (χ1v) is 7.64. The molecule has 0 radical (unpaired) electrons. The van der Waals surface area contributed by atoms with Crippen molar-refractivity contribution in [2.24, 2.45) is 4.99 Å². The molecule has 0 atom stereocenters. The molecule has 1 aromatic carbocycles. The van der Waals surface area contributed by atoms with E-state index in [1.807, 2.05) is 0 Å². The predicted molar refractivity (Wildman–Crippen MR) is 87.0 cm³/mol. The molecule has 1 aromatic rings. The predicted octanol–water partition coefficient (Wildman–Crippen LogP) is 2.42. The summed E-state index contributed by atoms with van der Waals surface area (Å²) >= 11 is 0. The molecule has 136 valence electrons. The molecule has 0 aliphatic carbocycles. The Hall–Kier alpha value is -1.80. The van der Waals surface area contributed by atoms with E-state index in [1.54, 1.807) is 20.2 Å². The largest absolute Gasteiger partial charge is 0.416 e. The maximum absolute atomic E-state index is 12.7. The second-order valence-electron chi connectivity index (χ2n) is 5.01. The van der Waals surface area contributed by atoms with E-state index in [2.05, 4.69) is 15.6 Å². The maximum atomic E-state index is 12.7. The number of hydrogen-bond donors (Lipinski definition) is 2. The van der Waals surface area contributed by atoms with E-state index in [9.17, 15) is 13.2 Å². The lowest BCUT2D eigenvalue weighted by molar-refractivity contribution is -0.137. The van der Waals surface area contributed by atoms with Gasteiger partial charge in [0.2, 0.25) is 0 Å². The van der Waals surface area contributed by atoms with Crippen molar-refractivity contribution in [3.63, 3.8) is 0 Å². The van der Waals surface area contributed by atoms with Gasteiger partial charge in [-0.15, -0.1) is 0 Å². The fourth-order valence-corrected chi connectivity index (χ4v) is 1.89. The average Bonchev–Trinajstić information content (AvgIpc) is 2.56. The highest BCUT2D eigenvalue weighted by atomic mass is 19.4. The summed E-state index contributed by atoms with van der Waals surface area (Å²) in [6.45, 7) is 2.62. The number of ether oxygens (including phenoxy) is 2. The van der Waals surface area contributed by atoms with Gasteiger partial charge >= 0.3 is 6.18 Å². The van der Waals surface area contributed by atoms with Crippen LogP contribution < -0.4 is 10.6 Å². The molecule has 24 heavy (non-hydrogen) atoms. The van der Waals surface area contributed by atoms with E-state index in [-0.39, 0.29) is 6.54 Å². The standard InChI is InChI=1S/C16H24F3N3O2/c1-20-15(21-7-4-8-24-10-9-23-2)22-12-13-5-3-6-14(11-13)16(17,18)19/h3,5-6,11H,4,7-10,12H2,1-2H3,(H2,20,21,22). The summed E-state index contributed by atoms with van der Waals surface area (Å²) in [5, 5.41) is 6.07. The normalized spacial score (nSPS) is 12.3. The first kappa shape index (κ1) is 20.2. The van der Waals surface area contributed by atoms with E-state index in [4.69, 9.17) is 9.47 Å². The molecule has 8 heteroatoms. The Kier molecular flexibility index (Phi) is 9.18. The van der Waals surface area contributed by atoms with E-state index in [0.717, 1.165) is 18.6 Å². The molecule has 0 unspecified atom stereocenters. The lowest BCUT2D eigenvalue weighted by atomic mass is 10.1. The van der Waals surface area contributed by atoms with Gasteiger partial charge in [0.25, 0.3) is 0 Å². The van der Waals surface area contributed by atoms with Crippen LogP contribution in [-0.2, 0) is 22.2 Å². The number of halogens is 3. The molecule has 0 aliphatic heterocycles. The lowest BCUT2D eigenvalue weighted by Gasteiger charge is -2.13. The van der Waals surface area contributed by atoms with E-state index in [1.165, 1.54) is 6.07 Å². The molecule has 1 rings (SSSR count). The summed E-state index contributed by atoms with van der Waals surface area (Å²) in [6, 6.07) is 5.22. The van der Waals surface area contributed by atoms with Crippen molar-refractivity contribution < 1.29 is 22.6 Å². The zero-order valence-electron chi connectivity index (χ0n) is 13.9. The van der Waals surface area contributed by atoms with Crippen LogP contribution in [0.2, 0.25) is 0 Å². The molecular weight excluding hydrogens is 323 g/mol. The van der Waals surface area contributed by atoms with E-state index >= 15 is 0 Å². The Labute approximate surface area is 140 Å². The summed E-state index contributed by atoms with van der Waals surface area (Å²) < 4.78 is 48.2. The third-order valence-electron chi connectivity index (χ3n) is 3.13. The first-order chi connectivity index (χ1) is 11.5. The van der Waals surface area contributed by atoms with Gasteiger partial charge in [-0.3, -0.25) is 4.99 Å². The number of methoxy groups -OCH3 is 1. The van der Waals surface area contributed by atoms with Crippen molar-refractivity contribution in [1.82, 2.24) is 10.6 Å². The fourth-order valence-electron chi connectivity index (χ4n) is 1.89. The molecule has 0 aliphatic rings. The monoisotopic (exact) mass is 347 g/mol. The van der Waals surface area contributed by atoms with E-state index < -0.39 is 11.7 Å². The molecule has 0 saturated heterocycles. The summed E-state index contributed by atoms with van der Waals surface area (Å²) in [5.41, 5.74) is -0.117. The Morgan fingerprint density at radius 2 is 1.96 bits per heavy atom. The van der Waals surface area contributed by atoms with Gasteiger partial charge in [-0.1, -0.05) is 12.1 Å². The molecule has 0 spiro atoms. The van der Waals surface area contributed by atoms with Crippen LogP contribution in [0.5, 0.6) is 0 Å². The third kappa shape index (κ3) is 8.16. The summed E-state index contributed by atoms with van der Waals surface area (Å²) in [4.78, 5) is 4.03. The molecule has 0 amide bonds. The lowest BCUT2D eigenvalue weighted by Crippen LogP contribution is -2.37. The first-order valence-electron chi connectivity index (χ1n) is 7.64. The van der Waals surface area contributed by atoms with Crippen molar-refractivity contribution in [2.45, 2.75) is 19.1 Å². The van der Waals surface area contributed by atoms with Crippen molar-refractivity contribution in [3.8, 4) is 0 Å². The van der Waals surface area contributed by atoms with Gasteiger partial charge < -0.3 is 20.1 Å². The van der Waals surface area contributed by atoms with Crippen molar-refractivity contribution in [2.75, 3.05) is 40.5 Å². The van der Waals surface area contributed by atoms with Crippen molar-refractivity contribution in [3.05, 3.63) is 35.4 Å². The molecular formula is C16H24F3N3O2. The number of aliphatic imine (C=N–C) groups is 1. The zero-order chi connectivity index (χ0) is 17.8. The van der Waals surface area contributed by atoms with Crippen LogP contribution in [0, 0.1) is 0 Å². The number of rotatable bonds is 9. The van der Waals surface area contributed by atoms with Crippen LogP contribution in [0.3, 0.4) is 0 Å². The molecule has 5 nitrogen and oxygen atoms in total. The van der Waals surface area contributed by atoms with Crippen LogP contribution >= 0.6 is 0 Å². The number of guanidine groups is 1. The van der Waals surface area contributed by atoms with Crippen LogP contribution in [0.15, 0.2) is 29.3 Å². The summed E-state index contributed by atoms with van der Waals surface area (Å²) in [7, 11) is 3.22. The summed E-state index contributed by atoms with van der Waals surface area (Å²) in [5.74, 6) is 0.532. The number of nitrogens with zero attached hydrogens (tertiary/aromatic N) is 1. The SMILES string of the molecule is CN=C(NCCCOCCOC)NCc1cccc(C(F)(F)F)c1. The van der Waals surface area contributed by atoms with Crippen molar-refractivity contribution in [1.29, 1.82) is 0 Å². The second-order valence-corrected chi connectivity index (χ2v) is 5.01. The minimum absolute atomic E-state index is 0.258. The Bertz CT molecular complexity index is 508. The van der Waals surface area contributed by atoms with Crippen LogP contribution in [0.1, 0.15) is 17.5 Å². The molecule has 2 N–H and O–H groups in total. The zero-order valence-corrected chi connectivity index (χ0v) is 13.9. The fraction of sp³-hybridized carbons (Fsp3) is 0.562. The molecule has 0 heterocycles. The number of hydrogen-bond acceptors (Lipinski definition) is 3. The van der Waals surface area contributed by atoms with Crippen LogP contribution in [-0.4, -0.2) is 46.5 Å². The Morgan fingerprint density at radius 1 is 1.17 bits per heavy atom. The third-order valence-corrected chi connectivity index (χ3v) is 3.13.